The van der Waals surface area contributed by atoms with Crippen molar-refractivity contribution in [3.05, 3.63) is 70.8 Å². The zero-order valence-electron chi connectivity index (χ0n) is 14.4. The largest absolute Gasteiger partial charge is 0.366 e. The third-order valence-corrected chi connectivity index (χ3v) is 4.96. The first kappa shape index (κ1) is 16.7. The van der Waals surface area contributed by atoms with Gasteiger partial charge in [0.15, 0.2) is 0 Å². The highest BCUT2D eigenvalue weighted by Gasteiger charge is 2.19. The molecule has 24 heavy (non-hydrogen) atoms. The molecule has 0 aromatic heterocycles. The molecule has 2 aromatic rings. The molecule has 3 nitrogen and oxygen atoms in total. The third kappa shape index (κ3) is 4.45. The number of aryl methyl sites for hydroxylation is 1. The molecule has 1 fully saturated rings. The molecular weight excluding hydrogens is 296 g/mol. The van der Waals surface area contributed by atoms with Crippen LogP contribution in [0.4, 0.5) is 0 Å². The van der Waals surface area contributed by atoms with Gasteiger partial charge in [-0.2, -0.15) is 0 Å². The second-order valence-corrected chi connectivity index (χ2v) is 6.97. The third-order valence-electron chi connectivity index (χ3n) is 4.96. The molecule has 0 bridgehead atoms. The second-order valence-electron chi connectivity index (χ2n) is 6.97. The summed E-state index contributed by atoms with van der Waals surface area (Å²) in [6.07, 6.45) is 3.57. The van der Waals surface area contributed by atoms with Crippen LogP contribution < -0.4 is 5.73 Å². The fourth-order valence-electron chi connectivity index (χ4n) is 3.56. The zero-order chi connectivity index (χ0) is 16.9. The standard InChI is InChI=1S/C21H26N2O/c1-16-3-2-4-19(13-16)15-23-11-9-18(10-12-23)14-17-5-7-20(8-6-17)21(22)24/h2-8,13,18H,9-12,14-15H2,1H3,(H2,22,24). The summed E-state index contributed by atoms with van der Waals surface area (Å²) in [5.41, 5.74) is 9.93. The van der Waals surface area contributed by atoms with Gasteiger partial charge in [-0.05, 0) is 68.5 Å². The molecule has 1 saturated heterocycles. The Kier molecular flexibility index (Phi) is 5.31. The lowest BCUT2D eigenvalue weighted by Crippen LogP contribution is -2.33. The van der Waals surface area contributed by atoms with Crippen molar-refractivity contribution in [1.29, 1.82) is 0 Å². The lowest BCUT2D eigenvalue weighted by molar-refractivity contribution is 0.100. The highest BCUT2D eigenvalue weighted by Crippen LogP contribution is 2.23. The Balaban J connectivity index is 1.49. The number of amides is 1. The number of carbonyl (C=O) groups excluding carboxylic acids is 1. The van der Waals surface area contributed by atoms with Crippen molar-refractivity contribution < 1.29 is 4.79 Å². The van der Waals surface area contributed by atoms with Crippen LogP contribution in [0.25, 0.3) is 0 Å². The number of hydrogen-bond donors (Lipinski definition) is 1. The van der Waals surface area contributed by atoms with E-state index in [-0.39, 0.29) is 5.91 Å². The minimum Gasteiger partial charge on any atom is -0.366 e. The molecule has 0 radical (unpaired) electrons. The van der Waals surface area contributed by atoms with E-state index in [1.165, 1.54) is 29.5 Å². The number of rotatable bonds is 5. The summed E-state index contributed by atoms with van der Waals surface area (Å²) in [6, 6.07) is 16.6. The van der Waals surface area contributed by atoms with E-state index in [1.54, 1.807) is 0 Å². The Morgan fingerprint density at radius 1 is 1.08 bits per heavy atom. The minimum atomic E-state index is -0.356. The van der Waals surface area contributed by atoms with Crippen LogP contribution in [-0.4, -0.2) is 23.9 Å². The number of piperidine rings is 1. The molecule has 3 heteroatoms. The van der Waals surface area contributed by atoms with Crippen molar-refractivity contribution in [1.82, 2.24) is 4.90 Å². The molecule has 126 valence electrons. The van der Waals surface area contributed by atoms with E-state index in [4.69, 9.17) is 5.73 Å². The smallest absolute Gasteiger partial charge is 0.248 e. The van der Waals surface area contributed by atoms with Gasteiger partial charge in [-0.25, -0.2) is 0 Å². The number of nitrogens with zero attached hydrogens (tertiary/aromatic N) is 1. The van der Waals surface area contributed by atoms with E-state index < -0.39 is 0 Å². The van der Waals surface area contributed by atoms with E-state index in [2.05, 4.69) is 36.1 Å². The molecule has 0 atom stereocenters. The molecule has 0 aliphatic carbocycles. The summed E-state index contributed by atoms with van der Waals surface area (Å²) in [4.78, 5) is 13.7. The van der Waals surface area contributed by atoms with Gasteiger partial charge < -0.3 is 5.73 Å². The lowest BCUT2D eigenvalue weighted by Gasteiger charge is -2.32. The van der Waals surface area contributed by atoms with Gasteiger partial charge in [0.1, 0.15) is 0 Å². The molecule has 1 aliphatic heterocycles. The van der Waals surface area contributed by atoms with Crippen molar-refractivity contribution in [2.75, 3.05) is 13.1 Å². The van der Waals surface area contributed by atoms with Crippen molar-refractivity contribution in [2.45, 2.75) is 32.7 Å². The first-order valence-electron chi connectivity index (χ1n) is 8.77. The molecule has 1 aliphatic rings. The summed E-state index contributed by atoms with van der Waals surface area (Å²) < 4.78 is 0. The van der Waals surface area contributed by atoms with E-state index >= 15 is 0 Å². The van der Waals surface area contributed by atoms with Gasteiger partial charge in [0.25, 0.3) is 0 Å². The number of benzene rings is 2. The topological polar surface area (TPSA) is 46.3 Å². The first-order chi connectivity index (χ1) is 11.6. The second kappa shape index (κ2) is 7.63. The number of likely N-dealkylation sites (tertiary alicyclic amines) is 1. The van der Waals surface area contributed by atoms with E-state index in [1.807, 2.05) is 24.3 Å². The quantitative estimate of drug-likeness (QED) is 0.915. The number of hydrogen-bond acceptors (Lipinski definition) is 2. The normalized spacial score (nSPS) is 16.2. The maximum absolute atomic E-state index is 11.1. The lowest BCUT2D eigenvalue weighted by atomic mass is 9.89. The van der Waals surface area contributed by atoms with Crippen LogP contribution in [0.2, 0.25) is 0 Å². The van der Waals surface area contributed by atoms with Gasteiger partial charge >= 0.3 is 0 Å². The summed E-state index contributed by atoms with van der Waals surface area (Å²) >= 11 is 0. The molecule has 2 N–H and O–H groups in total. The number of primary amides is 1. The average molecular weight is 322 g/mol. The molecule has 1 amide bonds. The highest BCUT2D eigenvalue weighted by atomic mass is 16.1. The van der Waals surface area contributed by atoms with Gasteiger partial charge in [-0.1, -0.05) is 42.0 Å². The van der Waals surface area contributed by atoms with Gasteiger partial charge in [-0.3, -0.25) is 9.69 Å². The van der Waals surface area contributed by atoms with Crippen LogP contribution in [0, 0.1) is 12.8 Å². The molecule has 3 rings (SSSR count). The Morgan fingerprint density at radius 2 is 1.79 bits per heavy atom. The summed E-state index contributed by atoms with van der Waals surface area (Å²) in [5.74, 6) is 0.379. The maximum atomic E-state index is 11.1. The molecule has 0 spiro atoms. The van der Waals surface area contributed by atoms with Gasteiger partial charge in [-0.15, -0.1) is 0 Å². The number of nitrogens with two attached hydrogens (primary N) is 1. The van der Waals surface area contributed by atoms with Gasteiger partial charge in [0.05, 0.1) is 0 Å². The average Bonchev–Trinajstić information content (AvgIpc) is 2.57. The van der Waals surface area contributed by atoms with Crippen molar-refractivity contribution in [3.8, 4) is 0 Å². The summed E-state index contributed by atoms with van der Waals surface area (Å²) in [6.45, 7) is 5.54. The fraction of sp³-hybridized carbons (Fsp3) is 0.381. The molecule has 2 aromatic carbocycles. The van der Waals surface area contributed by atoms with Crippen LogP contribution in [0.5, 0.6) is 0 Å². The Hall–Kier alpha value is -2.13. The van der Waals surface area contributed by atoms with Crippen LogP contribution in [0.3, 0.4) is 0 Å². The predicted octanol–water partition coefficient (Wildman–Crippen LogP) is 3.55. The van der Waals surface area contributed by atoms with Crippen LogP contribution in [0.15, 0.2) is 48.5 Å². The summed E-state index contributed by atoms with van der Waals surface area (Å²) in [7, 11) is 0. The van der Waals surface area contributed by atoms with Crippen LogP contribution >= 0.6 is 0 Å². The van der Waals surface area contributed by atoms with Gasteiger partial charge in [0.2, 0.25) is 5.91 Å². The minimum absolute atomic E-state index is 0.356. The van der Waals surface area contributed by atoms with E-state index in [0.717, 1.165) is 32.0 Å². The molecule has 0 saturated carbocycles. The highest BCUT2D eigenvalue weighted by molar-refractivity contribution is 5.92. The Labute approximate surface area is 144 Å². The first-order valence-corrected chi connectivity index (χ1v) is 8.77. The Morgan fingerprint density at radius 3 is 2.42 bits per heavy atom. The van der Waals surface area contributed by atoms with Crippen molar-refractivity contribution in [2.24, 2.45) is 11.7 Å². The van der Waals surface area contributed by atoms with E-state index in [9.17, 15) is 4.79 Å². The SMILES string of the molecule is Cc1cccc(CN2CCC(Cc3ccc(C(N)=O)cc3)CC2)c1. The van der Waals surface area contributed by atoms with Crippen LogP contribution in [0.1, 0.15) is 39.9 Å². The maximum Gasteiger partial charge on any atom is 0.248 e. The fourth-order valence-corrected chi connectivity index (χ4v) is 3.56. The van der Waals surface area contributed by atoms with Crippen LogP contribution in [-0.2, 0) is 13.0 Å². The van der Waals surface area contributed by atoms with Gasteiger partial charge in [0, 0.05) is 12.1 Å². The molecular formula is C21H26N2O. The zero-order valence-corrected chi connectivity index (χ0v) is 14.4. The van der Waals surface area contributed by atoms with Crippen molar-refractivity contribution in [3.63, 3.8) is 0 Å². The van der Waals surface area contributed by atoms with E-state index in [0.29, 0.717) is 5.56 Å². The predicted molar refractivity (Wildman–Crippen MR) is 97.8 cm³/mol. The molecule has 1 heterocycles. The summed E-state index contributed by atoms with van der Waals surface area (Å²) in [5, 5.41) is 0. The molecule has 0 unspecified atom stereocenters. The monoisotopic (exact) mass is 322 g/mol. The van der Waals surface area contributed by atoms with Crippen molar-refractivity contribution >= 4 is 5.91 Å². The Bertz CT molecular complexity index is 685. The number of carbonyl (C=O) groups is 1.